The molecular weight excluding hydrogens is 379 g/mol. The summed E-state index contributed by atoms with van der Waals surface area (Å²) in [7, 11) is 0. The molecule has 0 spiro atoms. The Hall–Kier alpha value is -3.67. The number of benzene rings is 3. The molecule has 0 unspecified atom stereocenters. The Morgan fingerprint density at radius 2 is 1.83 bits per heavy atom. The van der Waals surface area contributed by atoms with Crippen molar-refractivity contribution in [1.82, 2.24) is 9.55 Å². The maximum atomic E-state index is 13.1. The summed E-state index contributed by atoms with van der Waals surface area (Å²) in [4.78, 5) is 19.5. The summed E-state index contributed by atoms with van der Waals surface area (Å²) < 4.78 is 15.4. The van der Waals surface area contributed by atoms with E-state index in [0.29, 0.717) is 5.56 Å². The molecule has 2 heterocycles. The maximum Gasteiger partial charge on any atom is 0.255 e. The fourth-order valence-corrected chi connectivity index (χ4v) is 3.97. The third kappa shape index (κ3) is 3.30. The van der Waals surface area contributed by atoms with Gasteiger partial charge in [-0.25, -0.2) is 9.37 Å². The quantitative estimate of drug-likeness (QED) is 0.540. The minimum absolute atomic E-state index is 0.252. The Balaban J connectivity index is 1.34. The third-order valence-corrected chi connectivity index (χ3v) is 5.59. The van der Waals surface area contributed by atoms with E-state index in [4.69, 9.17) is 4.98 Å². The van der Waals surface area contributed by atoms with E-state index < -0.39 is 0 Å². The highest BCUT2D eigenvalue weighted by atomic mass is 19.1. The zero-order valence-corrected chi connectivity index (χ0v) is 16.6. The first kappa shape index (κ1) is 18.4. The Morgan fingerprint density at radius 1 is 1.03 bits per heavy atom. The molecule has 1 aliphatic heterocycles. The predicted octanol–water partition coefficient (Wildman–Crippen LogP) is 4.76. The number of halogens is 1. The van der Waals surface area contributed by atoms with Crippen LogP contribution < -0.4 is 10.2 Å². The summed E-state index contributed by atoms with van der Waals surface area (Å²) >= 11 is 0. The van der Waals surface area contributed by atoms with Crippen LogP contribution in [0.15, 0.2) is 66.7 Å². The number of para-hydroxylation sites is 2. The molecule has 0 atom stereocenters. The van der Waals surface area contributed by atoms with Crippen molar-refractivity contribution in [3.63, 3.8) is 0 Å². The van der Waals surface area contributed by atoms with Crippen molar-refractivity contribution in [3.8, 4) is 0 Å². The zero-order valence-electron chi connectivity index (χ0n) is 16.6. The summed E-state index contributed by atoms with van der Waals surface area (Å²) in [6, 6.07) is 19.8. The Kier molecular flexibility index (Phi) is 4.47. The Labute approximate surface area is 173 Å². The highest BCUT2D eigenvalue weighted by Gasteiger charge is 2.20. The number of aryl methyl sites for hydroxylation is 1. The van der Waals surface area contributed by atoms with E-state index in [2.05, 4.69) is 26.9 Å². The Bertz CT molecular complexity index is 1250. The Morgan fingerprint density at radius 3 is 2.63 bits per heavy atom. The van der Waals surface area contributed by atoms with Crippen molar-refractivity contribution in [2.24, 2.45) is 0 Å². The van der Waals surface area contributed by atoms with Gasteiger partial charge in [0.15, 0.2) is 0 Å². The number of nitrogens with zero attached hydrogens (tertiary/aromatic N) is 3. The molecular formula is C24H21FN4O. The van der Waals surface area contributed by atoms with Crippen molar-refractivity contribution >= 4 is 28.3 Å². The number of imidazole rings is 1. The molecule has 1 aliphatic rings. The van der Waals surface area contributed by atoms with Gasteiger partial charge in [0.1, 0.15) is 11.6 Å². The first-order chi connectivity index (χ1) is 14.6. The van der Waals surface area contributed by atoms with Gasteiger partial charge < -0.3 is 14.8 Å². The summed E-state index contributed by atoms with van der Waals surface area (Å²) in [5.74, 6) is 0.452. The number of aromatic nitrogens is 2. The van der Waals surface area contributed by atoms with Gasteiger partial charge in [-0.2, -0.15) is 0 Å². The smallest absolute Gasteiger partial charge is 0.255 e. The van der Waals surface area contributed by atoms with E-state index in [9.17, 15) is 9.18 Å². The number of carbonyl (C=O) groups is 1. The highest BCUT2D eigenvalue weighted by molar-refractivity contribution is 6.04. The van der Waals surface area contributed by atoms with E-state index >= 15 is 0 Å². The van der Waals surface area contributed by atoms with Crippen LogP contribution in [0.4, 0.5) is 15.8 Å². The summed E-state index contributed by atoms with van der Waals surface area (Å²) in [5.41, 5.74) is 5.46. The molecule has 4 aromatic rings. The van der Waals surface area contributed by atoms with Crippen LogP contribution in [0.25, 0.3) is 11.0 Å². The molecule has 1 amide bonds. The summed E-state index contributed by atoms with van der Waals surface area (Å²) in [6.07, 6.45) is 0. The average molecular weight is 400 g/mol. The van der Waals surface area contributed by atoms with Gasteiger partial charge in [-0.1, -0.05) is 12.1 Å². The SMILES string of the molecule is Cc1cc(N2CCn3c(nc4ccccc43)C2)ccc1NC(=O)c1ccc(F)cc1. The van der Waals surface area contributed by atoms with Crippen LogP contribution in [0.3, 0.4) is 0 Å². The van der Waals surface area contributed by atoms with E-state index in [-0.39, 0.29) is 11.7 Å². The van der Waals surface area contributed by atoms with Crippen molar-refractivity contribution in [2.45, 2.75) is 20.0 Å². The number of hydrogen-bond acceptors (Lipinski definition) is 3. The van der Waals surface area contributed by atoms with Crippen LogP contribution >= 0.6 is 0 Å². The van der Waals surface area contributed by atoms with Crippen molar-refractivity contribution in [2.75, 3.05) is 16.8 Å². The van der Waals surface area contributed by atoms with Crippen LogP contribution in [-0.4, -0.2) is 22.0 Å². The molecule has 0 radical (unpaired) electrons. The number of anilines is 2. The lowest BCUT2D eigenvalue weighted by Gasteiger charge is -2.30. The van der Waals surface area contributed by atoms with E-state index in [1.54, 1.807) is 0 Å². The standard InChI is InChI=1S/C24H21FN4O/c1-16-14-19(10-11-20(16)27-24(30)17-6-8-18(25)9-7-17)28-12-13-29-22-5-3-2-4-21(22)26-23(29)15-28/h2-11,14H,12-13,15H2,1H3,(H,27,30). The normalized spacial score (nSPS) is 13.3. The van der Waals surface area contributed by atoms with E-state index in [0.717, 1.165) is 47.9 Å². The van der Waals surface area contributed by atoms with E-state index in [1.807, 2.05) is 37.3 Å². The van der Waals surface area contributed by atoms with Crippen molar-refractivity contribution < 1.29 is 9.18 Å². The fraction of sp³-hybridized carbons (Fsp3) is 0.167. The molecule has 6 heteroatoms. The van der Waals surface area contributed by atoms with Gasteiger partial charge in [0.05, 0.1) is 17.6 Å². The second kappa shape index (κ2) is 7.30. The molecule has 5 nitrogen and oxygen atoms in total. The third-order valence-electron chi connectivity index (χ3n) is 5.59. The minimum atomic E-state index is -0.359. The van der Waals surface area contributed by atoms with Gasteiger partial charge in [0, 0.05) is 30.0 Å². The minimum Gasteiger partial charge on any atom is -0.362 e. The van der Waals surface area contributed by atoms with Crippen LogP contribution in [0, 0.1) is 12.7 Å². The molecule has 1 N–H and O–H groups in total. The monoisotopic (exact) mass is 400 g/mol. The molecule has 0 fully saturated rings. The highest BCUT2D eigenvalue weighted by Crippen LogP contribution is 2.28. The van der Waals surface area contributed by atoms with Gasteiger partial charge in [-0.05, 0) is 67.1 Å². The molecule has 30 heavy (non-hydrogen) atoms. The molecule has 150 valence electrons. The van der Waals surface area contributed by atoms with Gasteiger partial charge in [-0.3, -0.25) is 4.79 Å². The van der Waals surface area contributed by atoms with Crippen molar-refractivity contribution in [1.29, 1.82) is 0 Å². The summed E-state index contributed by atoms with van der Waals surface area (Å²) in [6.45, 7) is 4.50. The molecule has 0 saturated heterocycles. The van der Waals surface area contributed by atoms with Gasteiger partial charge in [0.2, 0.25) is 0 Å². The van der Waals surface area contributed by atoms with Crippen LogP contribution in [0.2, 0.25) is 0 Å². The van der Waals surface area contributed by atoms with Gasteiger partial charge >= 0.3 is 0 Å². The lowest BCUT2D eigenvalue weighted by Crippen LogP contribution is -2.33. The van der Waals surface area contributed by atoms with Crippen LogP contribution in [-0.2, 0) is 13.1 Å². The number of carbonyl (C=O) groups excluding carboxylic acids is 1. The topological polar surface area (TPSA) is 50.2 Å². The van der Waals surface area contributed by atoms with E-state index in [1.165, 1.54) is 29.8 Å². The average Bonchev–Trinajstić information content (AvgIpc) is 3.13. The number of rotatable bonds is 3. The number of amides is 1. The largest absolute Gasteiger partial charge is 0.362 e. The molecule has 0 aliphatic carbocycles. The van der Waals surface area contributed by atoms with Gasteiger partial charge in [-0.15, -0.1) is 0 Å². The lowest BCUT2D eigenvalue weighted by molar-refractivity contribution is 0.102. The van der Waals surface area contributed by atoms with Gasteiger partial charge in [0.25, 0.3) is 5.91 Å². The number of hydrogen-bond donors (Lipinski definition) is 1. The fourth-order valence-electron chi connectivity index (χ4n) is 3.97. The maximum absolute atomic E-state index is 13.1. The molecule has 0 bridgehead atoms. The second-order valence-corrected chi connectivity index (χ2v) is 7.55. The predicted molar refractivity (Wildman–Crippen MR) is 116 cm³/mol. The first-order valence-corrected chi connectivity index (χ1v) is 9.95. The summed E-state index contributed by atoms with van der Waals surface area (Å²) in [5, 5.41) is 2.91. The molecule has 3 aromatic carbocycles. The first-order valence-electron chi connectivity index (χ1n) is 9.95. The second-order valence-electron chi connectivity index (χ2n) is 7.55. The number of fused-ring (bicyclic) bond motifs is 3. The molecule has 0 saturated carbocycles. The molecule has 5 rings (SSSR count). The lowest BCUT2D eigenvalue weighted by atomic mass is 10.1. The zero-order chi connectivity index (χ0) is 20.7. The molecule has 1 aromatic heterocycles. The van der Waals surface area contributed by atoms with Crippen LogP contribution in [0.5, 0.6) is 0 Å². The number of nitrogens with one attached hydrogen (secondary N) is 1. The van der Waals surface area contributed by atoms with Crippen LogP contribution in [0.1, 0.15) is 21.7 Å². The van der Waals surface area contributed by atoms with Crippen molar-refractivity contribution in [3.05, 3.63) is 89.5 Å².